The van der Waals surface area contributed by atoms with Gasteiger partial charge in [0.25, 0.3) is 5.56 Å². The van der Waals surface area contributed by atoms with Gasteiger partial charge in [0.1, 0.15) is 11.6 Å². The second-order valence-electron chi connectivity index (χ2n) is 7.39. The summed E-state index contributed by atoms with van der Waals surface area (Å²) < 4.78 is 5.52. The van der Waals surface area contributed by atoms with Crippen LogP contribution in [0.3, 0.4) is 0 Å². The Morgan fingerprint density at radius 2 is 2.10 bits per heavy atom. The van der Waals surface area contributed by atoms with Crippen LogP contribution in [0.25, 0.3) is 17.0 Å². The molecule has 1 aliphatic rings. The lowest BCUT2D eigenvalue weighted by atomic mass is 10.1. The molecule has 0 saturated heterocycles. The number of aromatic amines is 1. The molecule has 0 fully saturated rings. The Kier molecular flexibility index (Phi) is 5.16. The van der Waals surface area contributed by atoms with Gasteiger partial charge in [-0.3, -0.25) is 9.59 Å². The number of hydrogen-bond donors (Lipinski definition) is 1. The molecule has 148 valence electrons. The molecule has 0 unspecified atom stereocenters. The van der Waals surface area contributed by atoms with E-state index >= 15 is 0 Å². The van der Waals surface area contributed by atoms with E-state index in [1.165, 1.54) is 5.56 Å². The molecule has 0 atom stereocenters. The van der Waals surface area contributed by atoms with Crippen LogP contribution in [0.5, 0.6) is 5.75 Å². The number of nitrogens with zero attached hydrogens (tertiary/aromatic N) is 2. The zero-order valence-electron chi connectivity index (χ0n) is 16.5. The van der Waals surface area contributed by atoms with Gasteiger partial charge in [-0.2, -0.15) is 0 Å². The minimum atomic E-state index is -0.197. The fourth-order valence-electron chi connectivity index (χ4n) is 3.46. The minimum Gasteiger partial charge on any atom is -0.493 e. The van der Waals surface area contributed by atoms with Gasteiger partial charge in [-0.25, -0.2) is 4.98 Å². The number of fused-ring (bicyclic) bond motifs is 2. The molecule has 4 rings (SSSR count). The van der Waals surface area contributed by atoms with Crippen LogP contribution in [-0.4, -0.2) is 33.4 Å². The Bertz CT molecular complexity index is 1150. The smallest absolute Gasteiger partial charge is 0.258 e. The second-order valence-corrected chi connectivity index (χ2v) is 7.39. The highest BCUT2D eigenvalue weighted by atomic mass is 16.5. The summed E-state index contributed by atoms with van der Waals surface area (Å²) in [5, 5.41) is 0.541. The molecule has 6 heteroatoms. The SMILES string of the molecule is CC(C)N(Cc1nc2ccccc2c(=O)[nH]1)C(=O)/C=C/c1ccc2c(c1)CCO2. The summed E-state index contributed by atoms with van der Waals surface area (Å²) in [4.78, 5) is 34.1. The number of nitrogens with one attached hydrogen (secondary N) is 1. The van der Waals surface area contributed by atoms with E-state index in [4.69, 9.17) is 4.74 Å². The number of amides is 1. The Labute approximate surface area is 168 Å². The standard InChI is InChI=1S/C23H23N3O3/c1-15(2)26(14-21-24-19-6-4-3-5-18(19)23(28)25-21)22(27)10-8-16-7-9-20-17(13-16)11-12-29-20/h3-10,13,15H,11-12,14H2,1-2H3,(H,24,25,28)/b10-8+. The number of para-hydroxylation sites is 1. The molecule has 1 N–H and O–H groups in total. The lowest BCUT2D eigenvalue weighted by Crippen LogP contribution is -2.36. The predicted octanol–water partition coefficient (Wildman–Crippen LogP) is 3.31. The Balaban J connectivity index is 1.54. The van der Waals surface area contributed by atoms with Crippen LogP contribution in [0.2, 0.25) is 0 Å². The van der Waals surface area contributed by atoms with E-state index in [-0.39, 0.29) is 24.1 Å². The summed E-state index contributed by atoms with van der Waals surface area (Å²) in [7, 11) is 0. The lowest BCUT2D eigenvalue weighted by Gasteiger charge is -2.25. The highest BCUT2D eigenvalue weighted by molar-refractivity contribution is 5.92. The van der Waals surface area contributed by atoms with E-state index in [2.05, 4.69) is 9.97 Å². The van der Waals surface area contributed by atoms with E-state index in [0.29, 0.717) is 23.3 Å². The summed E-state index contributed by atoms with van der Waals surface area (Å²) >= 11 is 0. The quantitative estimate of drug-likeness (QED) is 0.680. The maximum absolute atomic E-state index is 12.8. The molecule has 1 aliphatic heterocycles. The Hall–Kier alpha value is -3.41. The zero-order chi connectivity index (χ0) is 20.4. The molecule has 0 bridgehead atoms. The van der Waals surface area contributed by atoms with Gasteiger partial charge in [0.15, 0.2) is 0 Å². The largest absolute Gasteiger partial charge is 0.493 e. The Morgan fingerprint density at radius 1 is 1.28 bits per heavy atom. The lowest BCUT2D eigenvalue weighted by molar-refractivity contribution is -0.128. The van der Waals surface area contributed by atoms with Crippen molar-refractivity contribution in [2.45, 2.75) is 32.9 Å². The maximum atomic E-state index is 12.8. The minimum absolute atomic E-state index is 0.0441. The molecule has 2 aromatic carbocycles. The predicted molar refractivity (Wildman–Crippen MR) is 113 cm³/mol. The molecule has 3 aromatic rings. The number of H-pyrrole nitrogens is 1. The number of rotatable bonds is 5. The van der Waals surface area contributed by atoms with Gasteiger partial charge in [-0.15, -0.1) is 0 Å². The number of aromatic nitrogens is 2. The third-order valence-electron chi connectivity index (χ3n) is 5.02. The molecule has 29 heavy (non-hydrogen) atoms. The van der Waals surface area contributed by atoms with Gasteiger partial charge >= 0.3 is 0 Å². The van der Waals surface area contributed by atoms with Crippen LogP contribution >= 0.6 is 0 Å². The highest BCUT2D eigenvalue weighted by Crippen LogP contribution is 2.26. The molecular formula is C23H23N3O3. The van der Waals surface area contributed by atoms with Gasteiger partial charge in [0.2, 0.25) is 5.91 Å². The average Bonchev–Trinajstić information content (AvgIpc) is 3.18. The van der Waals surface area contributed by atoms with Gasteiger partial charge < -0.3 is 14.6 Å². The van der Waals surface area contributed by atoms with Crippen LogP contribution in [0.4, 0.5) is 0 Å². The van der Waals surface area contributed by atoms with Crippen molar-refractivity contribution in [3.63, 3.8) is 0 Å². The zero-order valence-corrected chi connectivity index (χ0v) is 16.5. The van der Waals surface area contributed by atoms with Crippen molar-refractivity contribution < 1.29 is 9.53 Å². The summed E-state index contributed by atoms with van der Waals surface area (Å²) in [6.45, 7) is 4.83. The van der Waals surface area contributed by atoms with Crippen molar-refractivity contribution in [3.05, 3.63) is 75.8 Å². The summed E-state index contributed by atoms with van der Waals surface area (Å²) in [5.74, 6) is 1.26. The van der Waals surface area contributed by atoms with Crippen molar-refractivity contribution in [1.29, 1.82) is 0 Å². The van der Waals surface area contributed by atoms with Crippen LogP contribution in [0, 0.1) is 0 Å². The number of hydrogen-bond acceptors (Lipinski definition) is 4. The van der Waals surface area contributed by atoms with Crippen molar-refractivity contribution >= 4 is 22.9 Å². The summed E-state index contributed by atoms with van der Waals surface area (Å²) in [6.07, 6.45) is 4.27. The number of carbonyl (C=O) groups is 1. The fraction of sp³-hybridized carbons (Fsp3) is 0.261. The van der Waals surface area contributed by atoms with Crippen LogP contribution in [0.15, 0.2) is 53.3 Å². The van der Waals surface area contributed by atoms with Gasteiger partial charge in [0, 0.05) is 18.5 Å². The first-order valence-corrected chi connectivity index (χ1v) is 9.73. The van der Waals surface area contributed by atoms with E-state index < -0.39 is 0 Å². The van der Waals surface area contributed by atoms with E-state index in [0.717, 1.165) is 17.7 Å². The van der Waals surface area contributed by atoms with Crippen LogP contribution in [0.1, 0.15) is 30.8 Å². The number of ether oxygens (including phenoxy) is 1. The van der Waals surface area contributed by atoms with Gasteiger partial charge in [-0.05, 0) is 55.3 Å². The number of carbonyl (C=O) groups excluding carboxylic acids is 1. The van der Waals surface area contributed by atoms with E-state index in [1.54, 1.807) is 29.2 Å². The third kappa shape index (κ3) is 4.06. The van der Waals surface area contributed by atoms with Crippen molar-refractivity contribution in [2.24, 2.45) is 0 Å². The second kappa shape index (κ2) is 7.91. The first-order valence-electron chi connectivity index (χ1n) is 9.73. The molecule has 0 aliphatic carbocycles. The first kappa shape index (κ1) is 18.9. The van der Waals surface area contributed by atoms with Gasteiger partial charge in [0.05, 0.1) is 24.1 Å². The molecule has 1 amide bonds. The van der Waals surface area contributed by atoms with Gasteiger partial charge in [-0.1, -0.05) is 18.2 Å². The van der Waals surface area contributed by atoms with Crippen LogP contribution in [-0.2, 0) is 17.8 Å². The topological polar surface area (TPSA) is 75.3 Å². The number of benzene rings is 2. The molecule has 2 heterocycles. The van der Waals surface area contributed by atoms with E-state index in [1.807, 2.05) is 44.2 Å². The third-order valence-corrected chi connectivity index (χ3v) is 5.02. The van der Waals surface area contributed by atoms with Crippen molar-refractivity contribution in [3.8, 4) is 5.75 Å². The molecule has 1 aromatic heterocycles. The fourth-order valence-corrected chi connectivity index (χ4v) is 3.46. The van der Waals surface area contributed by atoms with Crippen molar-refractivity contribution in [2.75, 3.05) is 6.61 Å². The molecule has 0 spiro atoms. The molecule has 6 nitrogen and oxygen atoms in total. The molecule has 0 radical (unpaired) electrons. The molecule has 0 saturated carbocycles. The first-order chi connectivity index (χ1) is 14.0. The Morgan fingerprint density at radius 3 is 2.93 bits per heavy atom. The van der Waals surface area contributed by atoms with Crippen molar-refractivity contribution in [1.82, 2.24) is 14.9 Å². The monoisotopic (exact) mass is 389 g/mol. The maximum Gasteiger partial charge on any atom is 0.258 e. The summed E-state index contributed by atoms with van der Waals surface area (Å²) in [5.41, 5.74) is 2.55. The van der Waals surface area contributed by atoms with Crippen LogP contribution < -0.4 is 10.3 Å². The average molecular weight is 389 g/mol. The van der Waals surface area contributed by atoms with E-state index in [9.17, 15) is 9.59 Å². The molecular weight excluding hydrogens is 366 g/mol. The summed E-state index contributed by atoms with van der Waals surface area (Å²) in [6, 6.07) is 13.1. The normalized spacial score (nSPS) is 13.1. The highest BCUT2D eigenvalue weighted by Gasteiger charge is 2.17.